The Kier molecular flexibility index (Phi) is 8.03. The summed E-state index contributed by atoms with van der Waals surface area (Å²) in [6, 6.07) is 20.2. The predicted molar refractivity (Wildman–Crippen MR) is 136 cm³/mol. The fraction of sp³-hybridized carbons (Fsp3) is 0.231. The molecule has 2 amide bonds. The highest BCUT2D eigenvalue weighted by molar-refractivity contribution is 8.15. The van der Waals surface area contributed by atoms with Gasteiger partial charge in [-0.3, -0.25) is 14.5 Å². The van der Waals surface area contributed by atoms with E-state index in [0.29, 0.717) is 41.2 Å². The molecule has 0 aromatic heterocycles. The molecule has 1 heterocycles. The van der Waals surface area contributed by atoms with Crippen LogP contribution in [0.5, 0.6) is 11.5 Å². The molecule has 1 atom stereocenters. The Morgan fingerprint density at radius 1 is 0.824 bits per heavy atom. The summed E-state index contributed by atoms with van der Waals surface area (Å²) in [5.41, 5.74) is 2.74. The van der Waals surface area contributed by atoms with Crippen LogP contribution in [0, 0.1) is 0 Å². The lowest BCUT2D eigenvalue weighted by Gasteiger charge is -2.15. The zero-order valence-corrected chi connectivity index (χ0v) is 20.8. The standard InChI is InChI=1S/C26H23Cl2NO4S/c1-2-32-23-13-19(7-12-22(23)33-16-18-5-10-21(28)11-6-18)14-24-25(30)29(26(31)34-24)15-17-3-8-20(27)9-4-17/h3-13,24H,2,14-16H2,1H3/t24-/m1/s1. The minimum atomic E-state index is -0.477. The molecule has 3 aromatic carbocycles. The summed E-state index contributed by atoms with van der Waals surface area (Å²) in [6.07, 6.45) is 0.421. The summed E-state index contributed by atoms with van der Waals surface area (Å²) < 4.78 is 11.7. The Hall–Kier alpha value is -2.67. The van der Waals surface area contributed by atoms with Gasteiger partial charge < -0.3 is 9.47 Å². The first-order valence-electron chi connectivity index (χ1n) is 10.8. The summed E-state index contributed by atoms with van der Waals surface area (Å²) in [6.45, 7) is 2.99. The lowest BCUT2D eigenvalue weighted by molar-refractivity contribution is -0.127. The minimum absolute atomic E-state index is 0.189. The van der Waals surface area contributed by atoms with Crippen LogP contribution < -0.4 is 9.47 Å². The van der Waals surface area contributed by atoms with Crippen molar-refractivity contribution in [1.29, 1.82) is 0 Å². The zero-order valence-electron chi connectivity index (χ0n) is 18.5. The van der Waals surface area contributed by atoms with Crippen LogP contribution in [-0.4, -0.2) is 27.9 Å². The lowest BCUT2D eigenvalue weighted by atomic mass is 10.1. The molecular formula is C26H23Cl2NO4S. The van der Waals surface area contributed by atoms with Gasteiger partial charge in [-0.15, -0.1) is 0 Å². The van der Waals surface area contributed by atoms with Crippen molar-refractivity contribution >= 4 is 46.1 Å². The molecule has 0 unspecified atom stereocenters. The van der Waals surface area contributed by atoms with E-state index in [4.69, 9.17) is 32.7 Å². The van der Waals surface area contributed by atoms with Gasteiger partial charge >= 0.3 is 0 Å². The van der Waals surface area contributed by atoms with Crippen LogP contribution in [0.1, 0.15) is 23.6 Å². The number of carbonyl (C=O) groups excluding carboxylic acids is 2. The topological polar surface area (TPSA) is 55.8 Å². The maximum absolute atomic E-state index is 12.9. The molecule has 0 radical (unpaired) electrons. The highest BCUT2D eigenvalue weighted by Crippen LogP contribution is 2.34. The molecule has 1 fully saturated rings. The normalized spacial score (nSPS) is 15.6. The molecule has 1 saturated heterocycles. The number of halogens is 2. The first-order chi connectivity index (χ1) is 16.4. The zero-order chi connectivity index (χ0) is 24.1. The lowest BCUT2D eigenvalue weighted by Crippen LogP contribution is -2.31. The van der Waals surface area contributed by atoms with E-state index in [1.165, 1.54) is 4.90 Å². The molecule has 0 spiro atoms. The molecule has 4 rings (SSSR count). The number of hydrogen-bond acceptors (Lipinski definition) is 5. The van der Waals surface area contributed by atoms with E-state index in [0.717, 1.165) is 28.5 Å². The Labute approximate surface area is 212 Å². The number of rotatable bonds is 9. The van der Waals surface area contributed by atoms with E-state index in [1.54, 1.807) is 12.1 Å². The molecule has 1 aliphatic heterocycles. The van der Waals surface area contributed by atoms with Gasteiger partial charge in [0, 0.05) is 10.0 Å². The number of hydrogen-bond donors (Lipinski definition) is 0. The van der Waals surface area contributed by atoms with E-state index in [9.17, 15) is 9.59 Å². The number of carbonyl (C=O) groups is 2. The quantitative estimate of drug-likeness (QED) is 0.314. The van der Waals surface area contributed by atoms with Crippen molar-refractivity contribution in [2.24, 2.45) is 0 Å². The number of imide groups is 1. The maximum Gasteiger partial charge on any atom is 0.289 e. The highest BCUT2D eigenvalue weighted by atomic mass is 35.5. The van der Waals surface area contributed by atoms with Crippen molar-refractivity contribution in [3.8, 4) is 11.5 Å². The van der Waals surface area contributed by atoms with Crippen LogP contribution in [0.2, 0.25) is 10.0 Å². The van der Waals surface area contributed by atoms with Crippen LogP contribution in [-0.2, 0) is 24.4 Å². The van der Waals surface area contributed by atoms with Gasteiger partial charge in [-0.2, -0.15) is 0 Å². The van der Waals surface area contributed by atoms with Crippen molar-refractivity contribution in [3.63, 3.8) is 0 Å². The van der Waals surface area contributed by atoms with E-state index in [2.05, 4.69) is 0 Å². The molecule has 3 aromatic rings. The second-order valence-electron chi connectivity index (χ2n) is 7.76. The van der Waals surface area contributed by atoms with Crippen molar-refractivity contribution in [3.05, 3.63) is 93.5 Å². The third-order valence-electron chi connectivity index (χ3n) is 5.30. The molecule has 176 valence electrons. The van der Waals surface area contributed by atoms with E-state index >= 15 is 0 Å². The fourth-order valence-corrected chi connectivity index (χ4v) is 4.85. The summed E-state index contributed by atoms with van der Waals surface area (Å²) in [5.74, 6) is 1.03. The third-order valence-corrected chi connectivity index (χ3v) is 6.87. The average Bonchev–Trinajstić information content (AvgIpc) is 3.08. The number of nitrogens with zero attached hydrogens (tertiary/aromatic N) is 1. The highest BCUT2D eigenvalue weighted by Gasteiger charge is 2.39. The second kappa shape index (κ2) is 11.2. The van der Waals surface area contributed by atoms with Gasteiger partial charge in [-0.25, -0.2) is 0 Å². The SMILES string of the molecule is CCOc1cc(C[C@H]2SC(=O)N(Cc3ccc(Cl)cc3)C2=O)ccc1OCc1ccc(Cl)cc1. The van der Waals surface area contributed by atoms with Crippen LogP contribution in [0.15, 0.2) is 66.7 Å². The monoisotopic (exact) mass is 515 g/mol. The van der Waals surface area contributed by atoms with Crippen molar-refractivity contribution in [2.75, 3.05) is 6.61 Å². The first-order valence-corrected chi connectivity index (χ1v) is 12.5. The Morgan fingerprint density at radius 3 is 2.09 bits per heavy atom. The van der Waals surface area contributed by atoms with Crippen LogP contribution in [0.25, 0.3) is 0 Å². The predicted octanol–water partition coefficient (Wildman–Crippen LogP) is 6.78. The maximum atomic E-state index is 12.9. The molecule has 0 saturated carbocycles. The smallest absolute Gasteiger partial charge is 0.289 e. The van der Waals surface area contributed by atoms with Gasteiger partial charge in [0.1, 0.15) is 6.61 Å². The number of benzene rings is 3. The Balaban J connectivity index is 1.42. The Morgan fingerprint density at radius 2 is 1.44 bits per heavy atom. The number of ether oxygens (including phenoxy) is 2. The molecule has 0 aliphatic carbocycles. The molecule has 34 heavy (non-hydrogen) atoms. The summed E-state index contributed by atoms with van der Waals surface area (Å²) >= 11 is 12.9. The van der Waals surface area contributed by atoms with Crippen LogP contribution >= 0.6 is 35.0 Å². The van der Waals surface area contributed by atoms with Crippen LogP contribution in [0.4, 0.5) is 4.79 Å². The molecule has 8 heteroatoms. The Bertz CT molecular complexity index is 1170. The van der Waals surface area contributed by atoms with Gasteiger partial charge in [0.2, 0.25) is 5.91 Å². The fourth-order valence-electron chi connectivity index (χ4n) is 3.57. The summed E-state index contributed by atoms with van der Waals surface area (Å²) in [5, 5.41) is 0.571. The number of amides is 2. The minimum Gasteiger partial charge on any atom is -0.490 e. The second-order valence-corrected chi connectivity index (χ2v) is 9.78. The van der Waals surface area contributed by atoms with Gasteiger partial charge in [0.05, 0.1) is 18.4 Å². The summed E-state index contributed by atoms with van der Waals surface area (Å²) in [4.78, 5) is 26.8. The van der Waals surface area contributed by atoms with Gasteiger partial charge in [0.25, 0.3) is 5.24 Å². The molecule has 0 N–H and O–H groups in total. The third kappa shape index (κ3) is 6.06. The van der Waals surface area contributed by atoms with Gasteiger partial charge in [0.15, 0.2) is 11.5 Å². The molecule has 5 nitrogen and oxygen atoms in total. The molecular weight excluding hydrogens is 493 g/mol. The van der Waals surface area contributed by atoms with Crippen molar-refractivity contribution in [1.82, 2.24) is 4.90 Å². The largest absolute Gasteiger partial charge is 0.490 e. The van der Waals surface area contributed by atoms with E-state index < -0.39 is 5.25 Å². The van der Waals surface area contributed by atoms with E-state index in [-0.39, 0.29) is 17.7 Å². The van der Waals surface area contributed by atoms with E-state index in [1.807, 2.05) is 61.5 Å². The molecule has 1 aliphatic rings. The summed E-state index contributed by atoms with van der Waals surface area (Å²) in [7, 11) is 0. The molecule has 0 bridgehead atoms. The van der Waals surface area contributed by atoms with Crippen molar-refractivity contribution in [2.45, 2.75) is 31.7 Å². The number of thioether (sulfide) groups is 1. The van der Waals surface area contributed by atoms with Crippen molar-refractivity contribution < 1.29 is 19.1 Å². The van der Waals surface area contributed by atoms with Gasteiger partial charge in [-0.05, 0) is 66.4 Å². The average molecular weight is 516 g/mol. The van der Waals surface area contributed by atoms with Gasteiger partial charge in [-0.1, -0.05) is 65.3 Å². The van der Waals surface area contributed by atoms with Crippen LogP contribution in [0.3, 0.4) is 0 Å². The first kappa shape index (κ1) is 24.5.